The Labute approximate surface area is 104 Å². The monoisotopic (exact) mass is 271 g/mol. The molecule has 0 spiro atoms. The summed E-state index contributed by atoms with van der Waals surface area (Å²) >= 11 is 6.03. The maximum Gasteiger partial charge on any atom is 0.176 e. The Morgan fingerprint density at radius 2 is 2.06 bits per heavy atom. The van der Waals surface area contributed by atoms with Crippen LogP contribution in [-0.4, -0.2) is 19.8 Å². The number of hydrogen-bond acceptors (Lipinski definition) is 4. The van der Waals surface area contributed by atoms with Gasteiger partial charge in [0.15, 0.2) is 15.6 Å². The predicted molar refractivity (Wildman–Crippen MR) is 64.8 cm³/mol. The van der Waals surface area contributed by atoms with Crippen LogP contribution in [0.15, 0.2) is 33.7 Å². The SMILES string of the molecule is Cc1cc(-c2c(Cl)cccc2S(C)(=O)=O)on1. The van der Waals surface area contributed by atoms with E-state index >= 15 is 0 Å². The highest BCUT2D eigenvalue weighted by Crippen LogP contribution is 2.34. The fourth-order valence-corrected chi connectivity index (χ4v) is 2.76. The lowest BCUT2D eigenvalue weighted by Crippen LogP contribution is -1.99. The molecule has 0 aliphatic heterocycles. The third-order valence-corrected chi connectivity index (χ3v) is 3.70. The van der Waals surface area contributed by atoms with Crippen molar-refractivity contribution >= 4 is 21.4 Å². The van der Waals surface area contributed by atoms with Crippen molar-refractivity contribution in [3.05, 3.63) is 35.0 Å². The molecular weight excluding hydrogens is 262 g/mol. The van der Waals surface area contributed by atoms with Gasteiger partial charge in [0.2, 0.25) is 0 Å². The first-order valence-electron chi connectivity index (χ1n) is 4.82. The molecule has 1 aromatic heterocycles. The van der Waals surface area contributed by atoms with Crippen LogP contribution in [0.5, 0.6) is 0 Å². The predicted octanol–water partition coefficient (Wildman–Crippen LogP) is 2.71. The van der Waals surface area contributed by atoms with Gasteiger partial charge in [-0.15, -0.1) is 0 Å². The van der Waals surface area contributed by atoms with Crippen molar-refractivity contribution in [1.29, 1.82) is 0 Å². The summed E-state index contributed by atoms with van der Waals surface area (Å²) in [6.07, 6.45) is 1.13. The van der Waals surface area contributed by atoms with Crippen LogP contribution in [0.25, 0.3) is 11.3 Å². The largest absolute Gasteiger partial charge is 0.356 e. The van der Waals surface area contributed by atoms with E-state index in [1.807, 2.05) is 0 Å². The number of hydrogen-bond donors (Lipinski definition) is 0. The van der Waals surface area contributed by atoms with Gasteiger partial charge in [-0.05, 0) is 19.1 Å². The molecule has 2 rings (SSSR count). The molecule has 90 valence electrons. The van der Waals surface area contributed by atoms with Gasteiger partial charge in [0.1, 0.15) is 0 Å². The average molecular weight is 272 g/mol. The highest BCUT2D eigenvalue weighted by molar-refractivity contribution is 7.90. The Morgan fingerprint density at radius 1 is 1.35 bits per heavy atom. The molecular formula is C11H10ClNO3S. The van der Waals surface area contributed by atoms with Crippen LogP contribution in [-0.2, 0) is 9.84 Å². The van der Waals surface area contributed by atoms with E-state index < -0.39 is 9.84 Å². The van der Waals surface area contributed by atoms with Gasteiger partial charge in [0.25, 0.3) is 0 Å². The fourth-order valence-electron chi connectivity index (χ4n) is 1.53. The first-order valence-corrected chi connectivity index (χ1v) is 7.09. The van der Waals surface area contributed by atoms with E-state index in [9.17, 15) is 8.42 Å². The maximum atomic E-state index is 11.7. The Morgan fingerprint density at radius 3 is 2.59 bits per heavy atom. The van der Waals surface area contributed by atoms with Gasteiger partial charge in [-0.2, -0.15) is 0 Å². The van der Waals surface area contributed by atoms with Crippen molar-refractivity contribution in [2.75, 3.05) is 6.26 Å². The fraction of sp³-hybridized carbons (Fsp3) is 0.182. The quantitative estimate of drug-likeness (QED) is 0.843. The summed E-state index contributed by atoms with van der Waals surface area (Å²) in [5.41, 5.74) is 1.02. The van der Waals surface area contributed by atoms with Crippen LogP contribution in [0.1, 0.15) is 5.69 Å². The summed E-state index contributed by atoms with van der Waals surface area (Å²) in [5, 5.41) is 4.05. The minimum Gasteiger partial charge on any atom is -0.356 e. The maximum absolute atomic E-state index is 11.7. The second-order valence-electron chi connectivity index (χ2n) is 3.72. The second kappa shape index (κ2) is 4.16. The van der Waals surface area contributed by atoms with Gasteiger partial charge >= 0.3 is 0 Å². The molecule has 17 heavy (non-hydrogen) atoms. The van der Waals surface area contributed by atoms with Crippen LogP contribution in [0, 0.1) is 6.92 Å². The third-order valence-electron chi connectivity index (χ3n) is 2.25. The van der Waals surface area contributed by atoms with Crippen LogP contribution >= 0.6 is 11.6 Å². The zero-order valence-electron chi connectivity index (χ0n) is 9.27. The molecule has 0 aliphatic rings. The van der Waals surface area contributed by atoms with Crippen LogP contribution in [0.3, 0.4) is 0 Å². The van der Waals surface area contributed by atoms with Crippen molar-refractivity contribution in [2.45, 2.75) is 11.8 Å². The van der Waals surface area contributed by atoms with E-state index in [4.69, 9.17) is 16.1 Å². The zero-order chi connectivity index (χ0) is 12.6. The molecule has 4 nitrogen and oxygen atoms in total. The summed E-state index contributed by atoms with van der Waals surface area (Å²) < 4.78 is 28.4. The normalized spacial score (nSPS) is 11.7. The lowest BCUT2D eigenvalue weighted by molar-refractivity contribution is 0.426. The summed E-state index contributed by atoms with van der Waals surface area (Å²) in [7, 11) is -3.37. The van der Waals surface area contributed by atoms with Crippen molar-refractivity contribution in [3.63, 3.8) is 0 Å². The molecule has 0 amide bonds. The minimum absolute atomic E-state index is 0.140. The average Bonchev–Trinajstić information content (AvgIpc) is 2.63. The Kier molecular flexibility index (Phi) is 2.97. The number of benzene rings is 1. The highest BCUT2D eigenvalue weighted by Gasteiger charge is 2.20. The molecule has 0 unspecified atom stereocenters. The van der Waals surface area contributed by atoms with Gasteiger partial charge in [0, 0.05) is 12.3 Å². The molecule has 0 atom stereocenters. The zero-order valence-corrected chi connectivity index (χ0v) is 10.8. The molecule has 0 saturated heterocycles. The minimum atomic E-state index is -3.37. The van der Waals surface area contributed by atoms with E-state index in [-0.39, 0.29) is 4.90 Å². The summed E-state index contributed by atoms with van der Waals surface area (Å²) in [6.45, 7) is 1.75. The topological polar surface area (TPSA) is 60.2 Å². The highest BCUT2D eigenvalue weighted by atomic mass is 35.5. The molecule has 6 heteroatoms. The van der Waals surface area contributed by atoms with Crippen LogP contribution in [0.2, 0.25) is 5.02 Å². The number of nitrogens with zero attached hydrogens (tertiary/aromatic N) is 1. The Balaban J connectivity index is 2.76. The number of aromatic nitrogens is 1. The van der Waals surface area contributed by atoms with Crippen LogP contribution < -0.4 is 0 Å². The molecule has 0 aliphatic carbocycles. The second-order valence-corrected chi connectivity index (χ2v) is 6.11. The van der Waals surface area contributed by atoms with E-state index in [0.29, 0.717) is 22.0 Å². The van der Waals surface area contributed by atoms with Crippen molar-refractivity contribution < 1.29 is 12.9 Å². The number of aryl methyl sites for hydroxylation is 1. The first kappa shape index (κ1) is 12.1. The lowest BCUT2D eigenvalue weighted by Gasteiger charge is -2.06. The van der Waals surface area contributed by atoms with E-state index in [1.165, 1.54) is 6.07 Å². The van der Waals surface area contributed by atoms with Crippen molar-refractivity contribution in [3.8, 4) is 11.3 Å². The molecule has 1 heterocycles. The summed E-state index contributed by atoms with van der Waals surface area (Å²) in [5.74, 6) is 0.355. The van der Waals surface area contributed by atoms with Crippen molar-refractivity contribution in [2.24, 2.45) is 0 Å². The molecule has 1 aromatic carbocycles. The standard InChI is InChI=1S/C11H10ClNO3S/c1-7-6-9(16-13-7)11-8(12)4-3-5-10(11)17(2,14)15/h3-6H,1-2H3. The van der Waals surface area contributed by atoms with Gasteiger partial charge < -0.3 is 4.52 Å². The third kappa shape index (κ3) is 2.35. The number of halogens is 1. The Bertz CT molecular complexity index is 661. The van der Waals surface area contributed by atoms with Gasteiger partial charge in [-0.1, -0.05) is 22.8 Å². The molecule has 0 fully saturated rings. The Hall–Kier alpha value is -1.33. The summed E-state index contributed by atoms with van der Waals surface area (Å²) in [4.78, 5) is 0.140. The molecule has 0 saturated carbocycles. The number of rotatable bonds is 2. The molecule has 0 N–H and O–H groups in total. The van der Waals surface area contributed by atoms with Gasteiger partial charge in [-0.3, -0.25) is 0 Å². The van der Waals surface area contributed by atoms with Gasteiger partial charge in [0.05, 0.1) is 21.2 Å². The van der Waals surface area contributed by atoms with Crippen LogP contribution in [0.4, 0.5) is 0 Å². The smallest absolute Gasteiger partial charge is 0.176 e. The van der Waals surface area contributed by atoms with E-state index in [1.54, 1.807) is 25.1 Å². The molecule has 2 aromatic rings. The first-order chi connectivity index (χ1) is 7.89. The summed E-state index contributed by atoms with van der Waals surface area (Å²) in [6, 6.07) is 6.35. The van der Waals surface area contributed by atoms with E-state index in [2.05, 4.69) is 5.16 Å². The van der Waals surface area contributed by atoms with Crippen molar-refractivity contribution in [1.82, 2.24) is 5.16 Å². The number of sulfone groups is 1. The molecule has 0 bridgehead atoms. The molecule has 0 radical (unpaired) electrons. The van der Waals surface area contributed by atoms with Gasteiger partial charge in [-0.25, -0.2) is 8.42 Å². The lowest BCUT2D eigenvalue weighted by atomic mass is 10.1. The van der Waals surface area contributed by atoms with E-state index in [0.717, 1.165) is 6.26 Å².